The number of carbonyl (C=O) groups excluding carboxylic acids is 1. The molecule has 2 fully saturated rings. The highest BCUT2D eigenvalue weighted by Gasteiger charge is 2.41. The Morgan fingerprint density at radius 3 is 2.82 bits per heavy atom. The Balaban J connectivity index is 1.22. The van der Waals surface area contributed by atoms with Crippen molar-refractivity contribution in [1.29, 1.82) is 5.26 Å². The van der Waals surface area contributed by atoms with Crippen molar-refractivity contribution in [2.24, 2.45) is 0 Å². The fourth-order valence-corrected chi connectivity index (χ4v) is 5.79. The van der Waals surface area contributed by atoms with Crippen LogP contribution in [0.15, 0.2) is 30.6 Å². The molecule has 34 heavy (non-hydrogen) atoms. The first kappa shape index (κ1) is 21.3. The van der Waals surface area contributed by atoms with Gasteiger partial charge in [0.15, 0.2) is 5.65 Å². The molecule has 6 rings (SSSR count). The summed E-state index contributed by atoms with van der Waals surface area (Å²) in [6, 6.07) is 6.92. The number of nitriles is 1. The molecule has 2 aromatic heterocycles. The van der Waals surface area contributed by atoms with Crippen LogP contribution in [0.5, 0.6) is 5.75 Å². The zero-order valence-electron chi connectivity index (χ0n) is 18.3. The SMILES string of the molecule is N#CCN1[C@@H]2CC[C@H]1CC(Oc1cc(F)ccc1C(=O)N1Cc3nn4cc(Cl)cnc4c3C1)C2. The van der Waals surface area contributed by atoms with Gasteiger partial charge in [-0.05, 0) is 37.8 Å². The van der Waals surface area contributed by atoms with Gasteiger partial charge in [0.1, 0.15) is 17.7 Å². The number of ether oxygens (including phenoxy) is 1. The van der Waals surface area contributed by atoms with Crippen LogP contribution in [-0.2, 0) is 13.1 Å². The van der Waals surface area contributed by atoms with Gasteiger partial charge in [-0.1, -0.05) is 11.6 Å². The van der Waals surface area contributed by atoms with E-state index in [0.717, 1.165) is 36.9 Å². The number of hydrogen-bond donors (Lipinski definition) is 0. The van der Waals surface area contributed by atoms with Gasteiger partial charge >= 0.3 is 0 Å². The van der Waals surface area contributed by atoms with Crippen molar-refractivity contribution in [3.8, 4) is 11.8 Å². The third kappa shape index (κ3) is 3.58. The van der Waals surface area contributed by atoms with Crippen molar-refractivity contribution in [3.05, 3.63) is 58.3 Å². The molecule has 0 N–H and O–H groups in total. The van der Waals surface area contributed by atoms with Gasteiger partial charge in [-0.25, -0.2) is 13.9 Å². The standard InChI is InChI=1S/C24H22ClFN6O2/c25-14-10-28-23-20-12-30(13-21(20)29-32(23)11-14)24(33)19-4-1-15(26)7-22(19)34-18-8-16-2-3-17(9-18)31(16)6-5-27/h1,4,7,10-11,16-18H,2-3,6,8-9,12-13H2/t16-,17+,18?. The van der Waals surface area contributed by atoms with E-state index in [4.69, 9.17) is 21.6 Å². The van der Waals surface area contributed by atoms with Crippen molar-refractivity contribution in [2.45, 2.75) is 57.0 Å². The van der Waals surface area contributed by atoms with E-state index in [9.17, 15) is 9.18 Å². The molecule has 0 saturated carbocycles. The number of amides is 1. The third-order valence-electron chi connectivity index (χ3n) is 7.16. The summed E-state index contributed by atoms with van der Waals surface area (Å²) >= 11 is 6.01. The summed E-state index contributed by atoms with van der Waals surface area (Å²) < 4.78 is 22.0. The molecule has 3 aliphatic rings. The number of aromatic nitrogens is 3. The van der Waals surface area contributed by atoms with E-state index in [0.29, 0.717) is 48.0 Å². The molecule has 2 bridgehead atoms. The van der Waals surface area contributed by atoms with Gasteiger partial charge < -0.3 is 9.64 Å². The van der Waals surface area contributed by atoms with Crippen LogP contribution in [0, 0.1) is 17.1 Å². The second kappa shape index (κ2) is 8.22. The molecule has 174 valence electrons. The normalized spacial score (nSPS) is 23.8. The molecule has 0 spiro atoms. The minimum Gasteiger partial charge on any atom is -0.489 e. The average Bonchev–Trinajstić information content (AvgIpc) is 3.42. The second-order valence-electron chi connectivity index (χ2n) is 9.19. The van der Waals surface area contributed by atoms with Crippen LogP contribution in [0.1, 0.15) is 47.3 Å². The molecule has 3 aromatic rings. The summed E-state index contributed by atoms with van der Waals surface area (Å²) in [6.07, 6.45) is 6.74. The van der Waals surface area contributed by atoms with E-state index in [1.54, 1.807) is 21.8 Å². The lowest BCUT2D eigenvalue weighted by molar-refractivity contribution is 0.0555. The van der Waals surface area contributed by atoms with Gasteiger partial charge in [-0.15, -0.1) is 0 Å². The molecule has 0 radical (unpaired) electrons. The van der Waals surface area contributed by atoms with Crippen LogP contribution in [0.4, 0.5) is 4.39 Å². The first-order chi connectivity index (χ1) is 16.5. The topological polar surface area (TPSA) is 86.8 Å². The number of halogens is 2. The van der Waals surface area contributed by atoms with Crippen molar-refractivity contribution >= 4 is 23.2 Å². The molecule has 5 heterocycles. The lowest BCUT2D eigenvalue weighted by Crippen LogP contribution is -2.46. The predicted octanol–water partition coefficient (Wildman–Crippen LogP) is 3.58. The highest BCUT2D eigenvalue weighted by atomic mass is 35.5. The number of benzene rings is 1. The molecule has 3 aliphatic heterocycles. The summed E-state index contributed by atoms with van der Waals surface area (Å²) in [5.41, 5.74) is 2.67. The number of rotatable bonds is 4. The van der Waals surface area contributed by atoms with Gasteiger partial charge in [0.25, 0.3) is 5.91 Å². The lowest BCUT2D eigenvalue weighted by Gasteiger charge is -2.37. The number of fused-ring (bicyclic) bond motifs is 5. The van der Waals surface area contributed by atoms with Crippen LogP contribution in [0.3, 0.4) is 0 Å². The van der Waals surface area contributed by atoms with Gasteiger partial charge in [0.2, 0.25) is 0 Å². The predicted molar refractivity (Wildman–Crippen MR) is 121 cm³/mol. The summed E-state index contributed by atoms with van der Waals surface area (Å²) in [4.78, 5) is 21.7. The van der Waals surface area contributed by atoms with Gasteiger partial charge in [0.05, 0.1) is 48.2 Å². The molecule has 2 saturated heterocycles. The summed E-state index contributed by atoms with van der Waals surface area (Å²) in [5.74, 6) is -0.406. The molecule has 1 amide bonds. The first-order valence-corrected chi connectivity index (χ1v) is 11.8. The highest BCUT2D eigenvalue weighted by Crippen LogP contribution is 2.38. The number of nitrogens with zero attached hydrogens (tertiary/aromatic N) is 6. The Kier molecular flexibility index (Phi) is 5.15. The fourth-order valence-electron chi connectivity index (χ4n) is 5.65. The molecule has 8 nitrogen and oxygen atoms in total. The maximum absolute atomic E-state index is 14.2. The van der Waals surface area contributed by atoms with Crippen LogP contribution >= 0.6 is 11.6 Å². The highest BCUT2D eigenvalue weighted by molar-refractivity contribution is 6.30. The summed E-state index contributed by atoms with van der Waals surface area (Å²) in [6.45, 7) is 1.12. The third-order valence-corrected chi connectivity index (χ3v) is 7.35. The average molecular weight is 481 g/mol. The van der Waals surface area contributed by atoms with Crippen LogP contribution in [0.2, 0.25) is 5.02 Å². The molecule has 10 heteroatoms. The Labute approximate surface area is 200 Å². The fraction of sp³-hybridized carbons (Fsp3) is 0.417. The Morgan fingerprint density at radius 1 is 1.26 bits per heavy atom. The Bertz CT molecular complexity index is 1320. The zero-order valence-corrected chi connectivity index (χ0v) is 19.1. The van der Waals surface area contributed by atoms with Gasteiger partial charge in [-0.2, -0.15) is 10.4 Å². The van der Waals surface area contributed by atoms with Crippen molar-refractivity contribution < 1.29 is 13.9 Å². The minimum absolute atomic E-state index is 0.116. The summed E-state index contributed by atoms with van der Waals surface area (Å²) in [7, 11) is 0. The van der Waals surface area contributed by atoms with Crippen LogP contribution in [-0.4, -0.2) is 55.0 Å². The van der Waals surface area contributed by atoms with E-state index < -0.39 is 5.82 Å². The Morgan fingerprint density at radius 2 is 2.06 bits per heavy atom. The molecular weight excluding hydrogens is 459 g/mol. The number of piperidine rings is 1. The smallest absolute Gasteiger partial charge is 0.258 e. The second-order valence-corrected chi connectivity index (χ2v) is 9.63. The molecule has 0 aliphatic carbocycles. The first-order valence-electron chi connectivity index (χ1n) is 11.4. The number of hydrogen-bond acceptors (Lipinski definition) is 6. The van der Waals surface area contributed by atoms with E-state index in [1.807, 2.05) is 0 Å². The van der Waals surface area contributed by atoms with Crippen LogP contribution < -0.4 is 4.74 Å². The van der Waals surface area contributed by atoms with Gasteiger partial charge in [0, 0.05) is 29.9 Å². The minimum atomic E-state index is -0.445. The van der Waals surface area contributed by atoms with E-state index >= 15 is 0 Å². The largest absolute Gasteiger partial charge is 0.489 e. The van der Waals surface area contributed by atoms with Crippen molar-refractivity contribution in [3.63, 3.8) is 0 Å². The maximum atomic E-state index is 14.2. The monoisotopic (exact) mass is 480 g/mol. The molecular formula is C24H22ClFN6O2. The molecule has 3 atom stereocenters. The zero-order chi connectivity index (χ0) is 23.4. The maximum Gasteiger partial charge on any atom is 0.258 e. The van der Waals surface area contributed by atoms with Crippen molar-refractivity contribution in [2.75, 3.05) is 6.54 Å². The summed E-state index contributed by atoms with van der Waals surface area (Å²) in [5, 5.41) is 14.1. The van der Waals surface area contributed by atoms with E-state index in [-0.39, 0.29) is 17.8 Å². The van der Waals surface area contributed by atoms with E-state index in [1.165, 1.54) is 18.2 Å². The van der Waals surface area contributed by atoms with Gasteiger partial charge in [-0.3, -0.25) is 9.69 Å². The molecule has 1 aromatic carbocycles. The quantitative estimate of drug-likeness (QED) is 0.530. The van der Waals surface area contributed by atoms with E-state index in [2.05, 4.69) is 21.1 Å². The van der Waals surface area contributed by atoms with Crippen molar-refractivity contribution in [1.82, 2.24) is 24.4 Å². The lowest BCUT2D eigenvalue weighted by atomic mass is 9.99. The molecule has 1 unspecified atom stereocenters. The Hall–Kier alpha value is -3.22. The number of carbonyl (C=O) groups is 1. The van der Waals surface area contributed by atoms with Crippen LogP contribution in [0.25, 0.3) is 5.65 Å².